The maximum atomic E-state index is 12.3. The molecule has 3 heterocycles. The van der Waals surface area contributed by atoms with Crippen LogP contribution >= 0.6 is 0 Å². The van der Waals surface area contributed by atoms with Gasteiger partial charge >= 0.3 is 0 Å². The number of piperidine rings is 1. The first-order valence-electron chi connectivity index (χ1n) is 8.43. The Kier molecular flexibility index (Phi) is 5.82. The van der Waals surface area contributed by atoms with Crippen molar-refractivity contribution in [2.75, 3.05) is 52.5 Å². The number of hydrogen-bond donors (Lipinski definition) is 0. The smallest absolute Gasteiger partial charge is 0.236 e. The zero-order valence-corrected chi connectivity index (χ0v) is 13.5. The van der Waals surface area contributed by atoms with E-state index >= 15 is 0 Å². The fourth-order valence-corrected chi connectivity index (χ4v) is 3.17. The second-order valence-electron chi connectivity index (χ2n) is 6.22. The number of nitrogens with zero attached hydrogens (tertiary/aromatic N) is 3. The zero-order valence-electron chi connectivity index (χ0n) is 13.5. The molecule has 1 amide bonds. The molecule has 0 radical (unpaired) electrons. The molecule has 2 saturated heterocycles. The third-order valence-electron chi connectivity index (χ3n) is 4.43. The van der Waals surface area contributed by atoms with E-state index in [4.69, 9.17) is 9.47 Å². The molecule has 6 nitrogen and oxygen atoms in total. The number of morpholine rings is 1. The Bertz CT molecular complexity index is 491. The van der Waals surface area contributed by atoms with Crippen LogP contribution in [0.2, 0.25) is 0 Å². The number of hydrogen-bond acceptors (Lipinski definition) is 5. The lowest BCUT2D eigenvalue weighted by Crippen LogP contribution is -2.48. The van der Waals surface area contributed by atoms with Crippen LogP contribution < -0.4 is 4.74 Å². The summed E-state index contributed by atoms with van der Waals surface area (Å²) >= 11 is 0. The first kappa shape index (κ1) is 16.2. The van der Waals surface area contributed by atoms with E-state index in [0.29, 0.717) is 38.2 Å². The highest BCUT2D eigenvalue weighted by molar-refractivity contribution is 5.78. The first-order chi connectivity index (χ1) is 11.3. The number of rotatable bonds is 5. The van der Waals surface area contributed by atoms with Crippen LogP contribution in [-0.4, -0.2) is 73.2 Å². The summed E-state index contributed by atoms with van der Waals surface area (Å²) in [5.41, 5.74) is 0. The molecule has 23 heavy (non-hydrogen) atoms. The molecule has 1 atom stereocenters. The van der Waals surface area contributed by atoms with Crippen LogP contribution in [-0.2, 0) is 9.53 Å². The highest BCUT2D eigenvalue weighted by Gasteiger charge is 2.25. The highest BCUT2D eigenvalue weighted by Crippen LogP contribution is 2.18. The minimum Gasteiger partial charge on any atom is -0.477 e. The number of pyridine rings is 1. The predicted octanol–water partition coefficient (Wildman–Crippen LogP) is 1.03. The maximum Gasteiger partial charge on any atom is 0.236 e. The van der Waals surface area contributed by atoms with E-state index in [9.17, 15) is 4.79 Å². The number of likely N-dealkylation sites (tertiary alicyclic amines) is 1. The highest BCUT2D eigenvalue weighted by atomic mass is 16.5. The predicted molar refractivity (Wildman–Crippen MR) is 86.3 cm³/mol. The maximum absolute atomic E-state index is 12.3. The van der Waals surface area contributed by atoms with Crippen LogP contribution in [0.15, 0.2) is 24.4 Å². The van der Waals surface area contributed by atoms with Gasteiger partial charge in [0.2, 0.25) is 11.8 Å². The average molecular weight is 319 g/mol. The van der Waals surface area contributed by atoms with Gasteiger partial charge in [-0.1, -0.05) is 6.07 Å². The molecule has 6 heteroatoms. The lowest BCUT2D eigenvalue weighted by atomic mass is 9.99. The number of carbonyl (C=O) groups excluding carboxylic acids is 1. The van der Waals surface area contributed by atoms with Gasteiger partial charge in [0.05, 0.1) is 26.4 Å². The van der Waals surface area contributed by atoms with Gasteiger partial charge in [-0.3, -0.25) is 9.69 Å². The number of ether oxygens (including phenoxy) is 2. The van der Waals surface area contributed by atoms with Crippen molar-refractivity contribution in [2.24, 2.45) is 5.92 Å². The molecule has 1 aromatic rings. The summed E-state index contributed by atoms with van der Waals surface area (Å²) in [7, 11) is 0. The van der Waals surface area contributed by atoms with Crippen molar-refractivity contribution in [3.63, 3.8) is 0 Å². The molecule has 0 saturated carbocycles. The van der Waals surface area contributed by atoms with Gasteiger partial charge in [0.1, 0.15) is 0 Å². The quantitative estimate of drug-likeness (QED) is 0.811. The third-order valence-corrected chi connectivity index (χ3v) is 4.43. The Balaban J connectivity index is 1.43. The number of carbonyl (C=O) groups is 1. The molecule has 126 valence electrons. The number of aromatic nitrogens is 1. The zero-order chi connectivity index (χ0) is 15.9. The molecular formula is C17H25N3O3. The Morgan fingerprint density at radius 3 is 2.96 bits per heavy atom. The fraction of sp³-hybridized carbons (Fsp3) is 0.647. The van der Waals surface area contributed by atoms with E-state index in [0.717, 1.165) is 39.0 Å². The van der Waals surface area contributed by atoms with Crippen LogP contribution in [0.5, 0.6) is 5.88 Å². The topological polar surface area (TPSA) is 54.9 Å². The van der Waals surface area contributed by atoms with E-state index in [2.05, 4.69) is 9.88 Å². The molecule has 1 unspecified atom stereocenters. The molecule has 0 aliphatic carbocycles. The standard InChI is InChI=1S/C17H25N3O3/c21-17(20-8-10-22-11-9-20)13-19-7-3-4-15(12-19)14-23-16-5-1-2-6-18-16/h1-2,5-6,15H,3-4,7-14H2. The molecule has 0 spiro atoms. The monoisotopic (exact) mass is 319 g/mol. The molecule has 3 rings (SSSR count). The largest absolute Gasteiger partial charge is 0.477 e. The minimum atomic E-state index is 0.222. The molecular weight excluding hydrogens is 294 g/mol. The van der Waals surface area contributed by atoms with E-state index in [1.54, 1.807) is 6.20 Å². The van der Waals surface area contributed by atoms with Crippen LogP contribution in [0, 0.1) is 5.92 Å². The van der Waals surface area contributed by atoms with Crippen molar-refractivity contribution in [1.82, 2.24) is 14.8 Å². The van der Waals surface area contributed by atoms with Crippen molar-refractivity contribution in [1.29, 1.82) is 0 Å². The second-order valence-corrected chi connectivity index (χ2v) is 6.22. The Labute approximate surface area is 137 Å². The molecule has 0 aromatic carbocycles. The van der Waals surface area contributed by atoms with E-state index in [1.807, 2.05) is 23.1 Å². The SMILES string of the molecule is O=C(CN1CCCC(COc2ccccn2)C1)N1CCOCC1. The first-order valence-corrected chi connectivity index (χ1v) is 8.43. The summed E-state index contributed by atoms with van der Waals surface area (Å²) < 4.78 is 11.1. The van der Waals surface area contributed by atoms with Crippen LogP contribution in [0.3, 0.4) is 0 Å². The fourth-order valence-electron chi connectivity index (χ4n) is 3.17. The molecule has 0 N–H and O–H groups in total. The van der Waals surface area contributed by atoms with Crippen LogP contribution in [0.1, 0.15) is 12.8 Å². The summed E-state index contributed by atoms with van der Waals surface area (Å²) in [6.07, 6.45) is 4.01. The Morgan fingerprint density at radius 1 is 1.30 bits per heavy atom. The Hall–Kier alpha value is -1.66. The van der Waals surface area contributed by atoms with Crippen molar-refractivity contribution >= 4 is 5.91 Å². The van der Waals surface area contributed by atoms with Gasteiger partial charge in [-0.2, -0.15) is 0 Å². The third kappa shape index (κ3) is 4.91. The van der Waals surface area contributed by atoms with Gasteiger partial charge in [-0.25, -0.2) is 4.98 Å². The van der Waals surface area contributed by atoms with E-state index in [-0.39, 0.29) is 5.91 Å². The van der Waals surface area contributed by atoms with Crippen molar-refractivity contribution in [3.05, 3.63) is 24.4 Å². The van der Waals surface area contributed by atoms with Gasteiger partial charge in [0.15, 0.2) is 0 Å². The molecule has 1 aromatic heterocycles. The molecule has 2 aliphatic rings. The minimum absolute atomic E-state index is 0.222. The lowest BCUT2D eigenvalue weighted by molar-refractivity contribution is -0.137. The summed E-state index contributed by atoms with van der Waals surface area (Å²) in [5, 5.41) is 0. The average Bonchev–Trinajstić information content (AvgIpc) is 2.62. The van der Waals surface area contributed by atoms with Crippen LogP contribution in [0.25, 0.3) is 0 Å². The lowest BCUT2D eigenvalue weighted by Gasteiger charge is -2.34. The Morgan fingerprint density at radius 2 is 2.17 bits per heavy atom. The van der Waals surface area contributed by atoms with E-state index in [1.165, 1.54) is 0 Å². The van der Waals surface area contributed by atoms with Gasteiger partial charge in [-0.05, 0) is 25.5 Å². The van der Waals surface area contributed by atoms with Crippen molar-refractivity contribution in [2.45, 2.75) is 12.8 Å². The van der Waals surface area contributed by atoms with Crippen molar-refractivity contribution in [3.8, 4) is 5.88 Å². The summed E-state index contributed by atoms with van der Waals surface area (Å²) in [6.45, 7) is 5.86. The van der Waals surface area contributed by atoms with Gasteiger partial charge in [-0.15, -0.1) is 0 Å². The normalized spacial score (nSPS) is 22.8. The van der Waals surface area contributed by atoms with Gasteiger partial charge in [0.25, 0.3) is 0 Å². The van der Waals surface area contributed by atoms with Crippen molar-refractivity contribution < 1.29 is 14.3 Å². The van der Waals surface area contributed by atoms with Gasteiger partial charge < -0.3 is 14.4 Å². The molecule has 2 fully saturated rings. The van der Waals surface area contributed by atoms with Crippen LogP contribution in [0.4, 0.5) is 0 Å². The summed E-state index contributed by atoms with van der Waals surface area (Å²) in [4.78, 5) is 20.7. The summed E-state index contributed by atoms with van der Waals surface area (Å²) in [5.74, 6) is 1.36. The van der Waals surface area contributed by atoms with Gasteiger partial charge in [0, 0.05) is 37.8 Å². The summed E-state index contributed by atoms with van der Waals surface area (Å²) in [6, 6.07) is 5.69. The number of amides is 1. The second kappa shape index (κ2) is 8.26. The molecule has 0 bridgehead atoms. The van der Waals surface area contributed by atoms with E-state index < -0.39 is 0 Å². The molecule has 2 aliphatic heterocycles.